The van der Waals surface area contributed by atoms with Gasteiger partial charge in [-0.05, 0) is 0 Å². The van der Waals surface area contributed by atoms with Crippen molar-refractivity contribution in [1.82, 2.24) is 0 Å². The SMILES string of the molecule is C=CCOC1OC(CS(=O)(=O)[O-])C(O)C(O)C1O.[Na+]. The largest absolute Gasteiger partial charge is 1.00 e. The minimum Gasteiger partial charge on any atom is -0.748 e. The molecule has 5 atom stereocenters. The van der Waals surface area contributed by atoms with Gasteiger partial charge in [-0.3, -0.25) is 0 Å². The average molecular weight is 306 g/mol. The van der Waals surface area contributed by atoms with Gasteiger partial charge in [-0.1, -0.05) is 6.08 Å². The standard InChI is InChI=1S/C9H16O8S.Na/c1-2-3-16-9-8(12)7(11)6(10)5(17-9)4-18(13,14)15;/h2,5-12H,1,3-4H2,(H,13,14,15);/q;+1/p-1. The molecule has 5 unspecified atom stereocenters. The van der Waals surface area contributed by atoms with Crippen molar-refractivity contribution in [3.8, 4) is 0 Å². The van der Waals surface area contributed by atoms with Gasteiger partial charge in [0, 0.05) is 0 Å². The Labute approximate surface area is 133 Å². The summed E-state index contributed by atoms with van der Waals surface area (Å²) in [4.78, 5) is 0. The van der Waals surface area contributed by atoms with E-state index >= 15 is 0 Å². The van der Waals surface area contributed by atoms with Gasteiger partial charge in [0.1, 0.15) is 24.4 Å². The molecule has 10 heteroatoms. The second-order valence-corrected chi connectivity index (χ2v) is 5.31. The summed E-state index contributed by atoms with van der Waals surface area (Å²) in [6.45, 7) is 3.35. The Balaban J connectivity index is 0.00000324. The normalized spacial score (nSPS) is 35.5. The summed E-state index contributed by atoms with van der Waals surface area (Å²) in [5.41, 5.74) is 0. The molecule has 0 aromatic carbocycles. The molecule has 1 heterocycles. The Morgan fingerprint density at radius 3 is 2.32 bits per heavy atom. The summed E-state index contributed by atoms with van der Waals surface area (Å²) in [6.07, 6.45) is -6.35. The fourth-order valence-corrected chi connectivity index (χ4v) is 2.23. The third-order valence-corrected chi connectivity index (χ3v) is 3.15. The molecule has 0 amide bonds. The maximum atomic E-state index is 10.6. The number of ether oxygens (including phenoxy) is 2. The van der Waals surface area contributed by atoms with E-state index in [0.717, 1.165) is 0 Å². The van der Waals surface area contributed by atoms with Crippen LogP contribution >= 0.6 is 0 Å². The van der Waals surface area contributed by atoms with Crippen LogP contribution in [0.4, 0.5) is 0 Å². The molecule has 106 valence electrons. The Bertz CT molecular complexity index is 386. The molecule has 19 heavy (non-hydrogen) atoms. The van der Waals surface area contributed by atoms with Crippen molar-refractivity contribution >= 4 is 10.1 Å². The van der Waals surface area contributed by atoms with Crippen LogP contribution in [0.15, 0.2) is 12.7 Å². The average Bonchev–Trinajstić information content (AvgIpc) is 2.27. The molecule has 0 spiro atoms. The van der Waals surface area contributed by atoms with E-state index < -0.39 is 46.6 Å². The van der Waals surface area contributed by atoms with Gasteiger partial charge >= 0.3 is 29.6 Å². The first kappa shape index (κ1) is 19.4. The van der Waals surface area contributed by atoms with Crippen molar-refractivity contribution in [2.75, 3.05) is 12.4 Å². The molecule has 3 N–H and O–H groups in total. The second kappa shape index (κ2) is 8.03. The number of aliphatic hydroxyl groups excluding tert-OH is 3. The summed E-state index contributed by atoms with van der Waals surface area (Å²) < 4.78 is 41.7. The van der Waals surface area contributed by atoms with Crippen LogP contribution < -0.4 is 29.6 Å². The first-order chi connectivity index (χ1) is 8.26. The molecule has 1 fully saturated rings. The molecule has 8 nitrogen and oxygen atoms in total. The maximum absolute atomic E-state index is 10.6. The first-order valence-electron chi connectivity index (χ1n) is 5.12. The van der Waals surface area contributed by atoms with Gasteiger partial charge in [-0.25, -0.2) is 8.42 Å². The number of aliphatic hydroxyl groups is 3. The minimum absolute atomic E-state index is 0. The Kier molecular flexibility index (Phi) is 8.22. The van der Waals surface area contributed by atoms with E-state index in [4.69, 9.17) is 9.47 Å². The summed E-state index contributed by atoms with van der Waals surface area (Å²) in [7, 11) is -4.64. The van der Waals surface area contributed by atoms with Gasteiger partial charge in [0.15, 0.2) is 6.29 Å². The summed E-state index contributed by atoms with van der Waals surface area (Å²) >= 11 is 0. The summed E-state index contributed by atoms with van der Waals surface area (Å²) in [5.74, 6) is -1.02. The van der Waals surface area contributed by atoms with Gasteiger partial charge in [-0.15, -0.1) is 6.58 Å². The van der Waals surface area contributed by atoms with Gasteiger partial charge in [0.25, 0.3) is 0 Å². The van der Waals surface area contributed by atoms with Crippen LogP contribution in [0.2, 0.25) is 0 Å². The fourth-order valence-electron chi connectivity index (χ4n) is 1.56. The molecule has 0 radical (unpaired) electrons. The maximum Gasteiger partial charge on any atom is 1.00 e. The Hall–Kier alpha value is 0.450. The van der Waals surface area contributed by atoms with Gasteiger partial charge < -0.3 is 29.3 Å². The summed E-state index contributed by atoms with van der Waals surface area (Å²) in [6, 6.07) is 0. The van der Waals surface area contributed by atoms with Crippen LogP contribution in [0, 0.1) is 0 Å². The van der Waals surface area contributed by atoms with Crippen LogP contribution in [-0.4, -0.2) is 71.4 Å². The zero-order chi connectivity index (χ0) is 13.9. The quantitative estimate of drug-likeness (QED) is 0.260. The summed E-state index contributed by atoms with van der Waals surface area (Å²) in [5, 5.41) is 28.5. The van der Waals surface area contributed by atoms with E-state index in [1.807, 2.05) is 0 Å². The molecule has 0 bridgehead atoms. The molecule has 1 rings (SSSR count). The zero-order valence-corrected chi connectivity index (χ0v) is 13.2. The van der Waals surface area contributed by atoms with Crippen LogP contribution in [0.1, 0.15) is 0 Å². The monoisotopic (exact) mass is 306 g/mol. The number of rotatable bonds is 5. The zero-order valence-electron chi connectivity index (χ0n) is 10.4. The molecule has 1 aliphatic heterocycles. The van der Waals surface area contributed by atoms with Crippen molar-refractivity contribution in [3.05, 3.63) is 12.7 Å². The molecular weight excluding hydrogens is 291 g/mol. The molecule has 1 aliphatic rings. The Morgan fingerprint density at radius 2 is 1.84 bits per heavy atom. The molecule has 1 saturated heterocycles. The van der Waals surface area contributed by atoms with Crippen molar-refractivity contribution in [2.45, 2.75) is 30.7 Å². The molecule has 0 saturated carbocycles. The third-order valence-electron chi connectivity index (χ3n) is 2.42. The third kappa shape index (κ3) is 5.76. The first-order valence-corrected chi connectivity index (χ1v) is 6.69. The Morgan fingerprint density at radius 1 is 1.26 bits per heavy atom. The van der Waals surface area contributed by atoms with Crippen molar-refractivity contribution in [2.24, 2.45) is 0 Å². The van der Waals surface area contributed by atoms with Crippen molar-refractivity contribution < 1.29 is 67.3 Å². The van der Waals surface area contributed by atoms with E-state index in [1.54, 1.807) is 0 Å². The molecule has 0 aromatic heterocycles. The second-order valence-electron chi connectivity index (χ2n) is 3.86. The van der Waals surface area contributed by atoms with Gasteiger partial charge in [0.05, 0.1) is 22.5 Å². The minimum atomic E-state index is -4.64. The predicted molar refractivity (Wildman–Crippen MR) is 57.4 cm³/mol. The topological polar surface area (TPSA) is 136 Å². The predicted octanol–water partition coefficient (Wildman–Crippen LogP) is -5.45. The van der Waals surface area contributed by atoms with E-state index in [9.17, 15) is 28.3 Å². The molecular formula is C9H15NaO8S. The van der Waals surface area contributed by atoms with Crippen molar-refractivity contribution in [1.29, 1.82) is 0 Å². The van der Waals surface area contributed by atoms with E-state index in [-0.39, 0.29) is 36.2 Å². The fraction of sp³-hybridized carbons (Fsp3) is 0.778. The van der Waals surface area contributed by atoms with E-state index in [2.05, 4.69) is 6.58 Å². The van der Waals surface area contributed by atoms with Crippen LogP contribution in [0.3, 0.4) is 0 Å². The molecule has 0 aromatic rings. The number of hydrogen-bond donors (Lipinski definition) is 3. The van der Waals surface area contributed by atoms with Crippen LogP contribution in [0.5, 0.6) is 0 Å². The number of hydrogen-bond acceptors (Lipinski definition) is 8. The van der Waals surface area contributed by atoms with Crippen molar-refractivity contribution in [3.63, 3.8) is 0 Å². The smallest absolute Gasteiger partial charge is 0.748 e. The molecule has 0 aliphatic carbocycles. The van der Waals surface area contributed by atoms with Crippen LogP contribution in [-0.2, 0) is 19.6 Å². The van der Waals surface area contributed by atoms with Gasteiger partial charge in [0.2, 0.25) is 0 Å². The van der Waals surface area contributed by atoms with E-state index in [1.165, 1.54) is 6.08 Å². The van der Waals surface area contributed by atoms with E-state index in [0.29, 0.717) is 0 Å². The van der Waals surface area contributed by atoms with Crippen LogP contribution in [0.25, 0.3) is 0 Å². The van der Waals surface area contributed by atoms with Gasteiger partial charge in [-0.2, -0.15) is 0 Å².